The number of aromatic nitrogens is 2. The van der Waals surface area contributed by atoms with Gasteiger partial charge in [-0.15, -0.1) is 0 Å². The van der Waals surface area contributed by atoms with Gasteiger partial charge in [0.05, 0.1) is 4.47 Å². The summed E-state index contributed by atoms with van der Waals surface area (Å²) in [5.41, 5.74) is 0.356. The molecule has 2 aromatic rings. The summed E-state index contributed by atoms with van der Waals surface area (Å²) in [7, 11) is 0. The Morgan fingerprint density at radius 1 is 1.40 bits per heavy atom. The van der Waals surface area contributed by atoms with E-state index in [2.05, 4.69) is 31.4 Å². The molecule has 2 rings (SSSR count). The Morgan fingerprint density at radius 3 is 2.85 bits per heavy atom. The minimum atomic E-state index is -0.963. The molecule has 1 unspecified atom stereocenters. The first-order valence-corrected chi connectivity index (χ1v) is 7.02. The van der Waals surface area contributed by atoms with Crippen LogP contribution in [0.2, 0.25) is 0 Å². The topological polar surface area (TPSA) is 51.0 Å². The summed E-state index contributed by atoms with van der Waals surface area (Å²) in [6.07, 6.45) is 0. The summed E-state index contributed by atoms with van der Waals surface area (Å²) in [4.78, 5) is 4.23. The van der Waals surface area contributed by atoms with E-state index in [-0.39, 0.29) is 16.2 Å². The average molecular weight is 346 g/mol. The van der Waals surface area contributed by atoms with E-state index in [1.165, 1.54) is 6.07 Å². The van der Waals surface area contributed by atoms with Crippen LogP contribution < -0.4 is 5.32 Å². The number of nitrogens with zero attached hydrogens (tertiary/aromatic N) is 2. The number of nitrogens with one attached hydrogen (secondary N) is 1. The van der Waals surface area contributed by atoms with Crippen molar-refractivity contribution >= 4 is 15.9 Å². The zero-order chi connectivity index (χ0) is 14.7. The fourth-order valence-corrected chi connectivity index (χ4v) is 2.19. The van der Waals surface area contributed by atoms with E-state index in [1.807, 2.05) is 13.8 Å². The number of likely N-dealkylation sites (N-methyl/N-ethyl adjacent to an activating group) is 1. The van der Waals surface area contributed by atoms with Gasteiger partial charge in [-0.05, 0) is 34.6 Å². The summed E-state index contributed by atoms with van der Waals surface area (Å²) < 4.78 is 31.7. The lowest BCUT2D eigenvalue weighted by atomic mass is 10.1. The van der Waals surface area contributed by atoms with Gasteiger partial charge in [0.25, 0.3) is 0 Å². The number of rotatable bonds is 5. The molecule has 1 atom stereocenters. The molecular formula is C13H14BrF2N3O. The zero-order valence-corrected chi connectivity index (χ0v) is 12.7. The Kier molecular flexibility index (Phi) is 4.82. The molecule has 1 aromatic carbocycles. The van der Waals surface area contributed by atoms with E-state index in [1.54, 1.807) is 0 Å². The first-order chi connectivity index (χ1) is 9.54. The maximum atomic E-state index is 13.5. The van der Waals surface area contributed by atoms with Crippen LogP contribution in [0.3, 0.4) is 0 Å². The highest BCUT2D eigenvalue weighted by molar-refractivity contribution is 9.10. The van der Waals surface area contributed by atoms with Crippen molar-refractivity contribution in [1.29, 1.82) is 0 Å². The highest BCUT2D eigenvalue weighted by Crippen LogP contribution is 2.30. The Bertz CT molecular complexity index is 603. The van der Waals surface area contributed by atoms with Crippen LogP contribution in [0.4, 0.5) is 8.78 Å². The number of halogens is 3. The lowest BCUT2D eigenvalue weighted by Crippen LogP contribution is -2.19. The number of benzene rings is 1. The van der Waals surface area contributed by atoms with Crippen LogP contribution in [-0.4, -0.2) is 23.2 Å². The van der Waals surface area contributed by atoms with Gasteiger partial charge >= 0.3 is 0 Å². The van der Waals surface area contributed by atoms with Crippen LogP contribution in [0, 0.1) is 11.6 Å². The second-order valence-electron chi connectivity index (χ2n) is 4.39. The third-order valence-electron chi connectivity index (χ3n) is 2.84. The van der Waals surface area contributed by atoms with Gasteiger partial charge in [-0.1, -0.05) is 19.0 Å². The first kappa shape index (κ1) is 15.1. The maximum absolute atomic E-state index is 13.5. The molecule has 1 aromatic heterocycles. The Labute approximate surface area is 123 Å². The van der Waals surface area contributed by atoms with Gasteiger partial charge in [0, 0.05) is 18.0 Å². The smallest absolute Gasteiger partial charge is 0.231 e. The second kappa shape index (κ2) is 6.41. The van der Waals surface area contributed by atoms with Crippen molar-refractivity contribution in [2.45, 2.75) is 19.8 Å². The Balaban J connectivity index is 2.27. The van der Waals surface area contributed by atoms with Crippen molar-refractivity contribution in [3.05, 3.63) is 34.1 Å². The van der Waals surface area contributed by atoms with Gasteiger partial charge in [0.2, 0.25) is 11.7 Å². The molecule has 0 aliphatic carbocycles. The molecule has 0 saturated heterocycles. The molecule has 7 heteroatoms. The van der Waals surface area contributed by atoms with E-state index in [0.29, 0.717) is 18.0 Å². The van der Waals surface area contributed by atoms with Gasteiger partial charge in [-0.3, -0.25) is 0 Å². The molecule has 108 valence electrons. The normalized spacial score (nSPS) is 12.7. The predicted octanol–water partition coefficient (Wildman–Crippen LogP) is 3.49. The van der Waals surface area contributed by atoms with Crippen molar-refractivity contribution in [1.82, 2.24) is 15.5 Å². The van der Waals surface area contributed by atoms with Gasteiger partial charge in [-0.25, -0.2) is 8.78 Å². The quantitative estimate of drug-likeness (QED) is 0.842. The van der Waals surface area contributed by atoms with Crippen molar-refractivity contribution in [3.63, 3.8) is 0 Å². The van der Waals surface area contributed by atoms with Crippen LogP contribution in [0.5, 0.6) is 0 Å². The van der Waals surface area contributed by atoms with Gasteiger partial charge in [-0.2, -0.15) is 4.98 Å². The minimum Gasteiger partial charge on any atom is -0.339 e. The molecule has 0 bridgehead atoms. The van der Waals surface area contributed by atoms with Crippen LogP contribution >= 0.6 is 15.9 Å². The van der Waals surface area contributed by atoms with E-state index in [9.17, 15) is 8.78 Å². The molecular weight excluding hydrogens is 332 g/mol. The van der Waals surface area contributed by atoms with Gasteiger partial charge in [0.15, 0.2) is 11.6 Å². The fourth-order valence-electron chi connectivity index (χ4n) is 1.69. The molecule has 0 saturated carbocycles. The van der Waals surface area contributed by atoms with Crippen LogP contribution in [-0.2, 0) is 0 Å². The van der Waals surface area contributed by atoms with Crippen LogP contribution in [0.1, 0.15) is 25.7 Å². The van der Waals surface area contributed by atoms with Gasteiger partial charge < -0.3 is 9.84 Å². The third-order valence-corrected chi connectivity index (χ3v) is 3.62. The molecule has 1 heterocycles. The SMILES string of the molecule is CCNCC(C)c1nc(-c2ccc(F)c(F)c2Br)no1. The van der Waals surface area contributed by atoms with E-state index in [0.717, 1.165) is 12.6 Å². The minimum absolute atomic E-state index is 0.0100. The number of hydrogen-bond donors (Lipinski definition) is 1. The molecule has 0 amide bonds. The highest BCUT2D eigenvalue weighted by Gasteiger charge is 2.19. The molecule has 0 fully saturated rings. The molecule has 4 nitrogen and oxygen atoms in total. The Morgan fingerprint density at radius 2 is 2.15 bits per heavy atom. The lowest BCUT2D eigenvalue weighted by Gasteiger charge is -2.05. The lowest BCUT2D eigenvalue weighted by molar-refractivity contribution is 0.355. The largest absolute Gasteiger partial charge is 0.339 e. The van der Waals surface area contributed by atoms with Crippen molar-refractivity contribution in [3.8, 4) is 11.4 Å². The standard InChI is InChI=1S/C13H14BrF2N3O/c1-3-17-6-7(2)13-18-12(19-20-13)8-4-5-9(15)11(16)10(8)14/h4-5,7,17H,3,6H2,1-2H3. The third kappa shape index (κ3) is 3.04. The highest BCUT2D eigenvalue weighted by atomic mass is 79.9. The zero-order valence-electron chi connectivity index (χ0n) is 11.1. The predicted molar refractivity (Wildman–Crippen MR) is 74.3 cm³/mol. The van der Waals surface area contributed by atoms with E-state index in [4.69, 9.17) is 4.52 Å². The van der Waals surface area contributed by atoms with Crippen LogP contribution in [0.25, 0.3) is 11.4 Å². The molecule has 0 spiro atoms. The summed E-state index contributed by atoms with van der Waals surface area (Å²) in [5, 5.41) is 6.99. The monoisotopic (exact) mass is 345 g/mol. The molecule has 0 aliphatic heterocycles. The second-order valence-corrected chi connectivity index (χ2v) is 5.18. The Hall–Kier alpha value is -1.34. The molecule has 0 radical (unpaired) electrons. The fraction of sp³-hybridized carbons (Fsp3) is 0.385. The summed E-state index contributed by atoms with van der Waals surface area (Å²) in [6, 6.07) is 2.44. The first-order valence-electron chi connectivity index (χ1n) is 6.22. The van der Waals surface area contributed by atoms with Crippen LogP contribution in [0.15, 0.2) is 21.1 Å². The maximum Gasteiger partial charge on any atom is 0.231 e. The summed E-state index contributed by atoms with van der Waals surface area (Å²) >= 11 is 3.01. The summed E-state index contributed by atoms with van der Waals surface area (Å²) in [6.45, 7) is 5.50. The van der Waals surface area contributed by atoms with Gasteiger partial charge in [0.1, 0.15) is 0 Å². The van der Waals surface area contributed by atoms with E-state index >= 15 is 0 Å². The molecule has 0 aliphatic rings. The average Bonchev–Trinajstić information content (AvgIpc) is 2.92. The van der Waals surface area contributed by atoms with E-state index < -0.39 is 11.6 Å². The van der Waals surface area contributed by atoms with Crippen molar-refractivity contribution in [2.24, 2.45) is 0 Å². The molecule has 20 heavy (non-hydrogen) atoms. The number of hydrogen-bond acceptors (Lipinski definition) is 4. The van der Waals surface area contributed by atoms with Crippen molar-refractivity contribution < 1.29 is 13.3 Å². The van der Waals surface area contributed by atoms with Crippen molar-refractivity contribution in [2.75, 3.05) is 13.1 Å². The summed E-state index contributed by atoms with van der Waals surface area (Å²) in [5.74, 6) is -1.16. The molecule has 1 N–H and O–H groups in total.